The molecule has 1 N–H and O–H groups in total. The van der Waals surface area contributed by atoms with Crippen LogP contribution in [0.5, 0.6) is 0 Å². The van der Waals surface area contributed by atoms with E-state index in [1.54, 1.807) is 0 Å². The van der Waals surface area contributed by atoms with E-state index in [1.165, 1.54) is 37.2 Å². The Bertz CT molecular complexity index is 424. The summed E-state index contributed by atoms with van der Waals surface area (Å²) < 4.78 is 2.06. The van der Waals surface area contributed by atoms with Gasteiger partial charge in [0.05, 0.1) is 11.4 Å². The van der Waals surface area contributed by atoms with Crippen LogP contribution in [0.15, 0.2) is 6.07 Å². The lowest BCUT2D eigenvalue weighted by molar-refractivity contribution is 0.133. The van der Waals surface area contributed by atoms with Crippen LogP contribution in [0.4, 0.5) is 0 Å². The highest BCUT2D eigenvalue weighted by Crippen LogP contribution is 2.19. The summed E-state index contributed by atoms with van der Waals surface area (Å²) in [5.41, 5.74) is 2.56. The van der Waals surface area contributed by atoms with Gasteiger partial charge in [-0.3, -0.25) is 9.58 Å². The standard InChI is InChI=1S/C17H32N4/c1-5-15-10-17(20(4)19-15)13-21-9-7-6-8-16(21)12-18-11-14(2)3/h10,14,16,18H,5-9,11-13H2,1-4H3. The van der Waals surface area contributed by atoms with Gasteiger partial charge in [0.2, 0.25) is 0 Å². The summed E-state index contributed by atoms with van der Waals surface area (Å²) in [4.78, 5) is 2.65. The minimum absolute atomic E-state index is 0.678. The first kappa shape index (κ1) is 16.5. The molecule has 1 aliphatic heterocycles. The number of aryl methyl sites for hydroxylation is 2. The number of piperidine rings is 1. The molecule has 0 spiro atoms. The lowest BCUT2D eigenvalue weighted by atomic mass is 10.0. The monoisotopic (exact) mass is 292 g/mol. The Labute approximate surface area is 129 Å². The van der Waals surface area contributed by atoms with Gasteiger partial charge in [0.25, 0.3) is 0 Å². The molecule has 0 saturated carbocycles. The average molecular weight is 292 g/mol. The molecule has 1 fully saturated rings. The second-order valence-corrected chi connectivity index (χ2v) is 6.78. The summed E-state index contributed by atoms with van der Waals surface area (Å²) in [5, 5.41) is 8.22. The van der Waals surface area contributed by atoms with E-state index in [0.29, 0.717) is 6.04 Å². The Balaban J connectivity index is 1.93. The van der Waals surface area contributed by atoms with E-state index in [2.05, 4.69) is 53.9 Å². The van der Waals surface area contributed by atoms with Gasteiger partial charge in [-0.2, -0.15) is 5.10 Å². The van der Waals surface area contributed by atoms with Gasteiger partial charge in [0, 0.05) is 26.2 Å². The lowest BCUT2D eigenvalue weighted by Crippen LogP contribution is -2.45. The van der Waals surface area contributed by atoms with Crippen molar-refractivity contribution in [1.82, 2.24) is 20.0 Å². The number of hydrogen-bond acceptors (Lipinski definition) is 3. The van der Waals surface area contributed by atoms with Gasteiger partial charge in [-0.25, -0.2) is 0 Å². The van der Waals surface area contributed by atoms with E-state index >= 15 is 0 Å². The molecule has 1 atom stereocenters. The lowest BCUT2D eigenvalue weighted by Gasteiger charge is -2.36. The second kappa shape index (κ2) is 7.95. The molecule has 0 amide bonds. The van der Waals surface area contributed by atoms with Crippen molar-refractivity contribution >= 4 is 0 Å². The molecule has 1 aromatic rings. The molecular weight excluding hydrogens is 260 g/mol. The predicted molar refractivity (Wildman–Crippen MR) is 88.3 cm³/mol. The smallest absolute Gasteiger partial charge is 0.0625 e. The maximum atomic E-state index is 4.58. The largest absolute Gasteiger partial charge is 0.315 e. The minimum atomic E-state index is 0.678. The van der Waals surface area contributed by atoms with Crippen LogP contribution in [0.3, 0.4) is 0 Å². The Morgan fingerprint density at radius 3 is 2.86 bits per heavy atom. The summed E-state index contributed by atoms with van der Waals surface area (Å²) in [6.45, 7) is 11.2. The van der Waals surface area contributed by atoms with E-state index in [4.69, 9.17) is 0 Å². The van der Waals surface area contributed by atoms with Gasteiger partial charge in [0.15, 0.2) is 0 Å². The van der Waals surface area contributed by atoms with Crippen molar-refractivity contribution in [2.75, 3.05) is 19.6 Å². The van der Waals surface area contributed by atoms with E-state index in [9.17, 15) is 0 Å². The number of nitrogens with zero attached hydrogens (tertiary/aromatic N) is 3. The quantitative estimate of drug-likeness (QED) is 0.838. The third-order valence-electron chi connectivity index (χ3n) is 4.44. The van der Waals surface area contributed by atoms with Crippen LogP contribution in [0.25, 0.3) is 0 Å². The normalized spacial score (nSPS) is 20.3. The van der Waals surface area contributed by atoms with Crippen molar-refractivity contribution in [3.8, 4) is 0 Å². The first-order chi connectivity index (χ1) is 10.1. The summed E-state index contributed by atoms with van der Waals surface area (Å²) in [6.07, 6.45) is 5.05. The number of hydrogen-bond donors (Lipinski definition) is 1. The van der Waals surface area contributed by atoms with Crippen molar-refractivity contribution in [1.29, 1.82) is 0 Å². The SMILES string of the molecule is CCc1cc(CN2CCCCC2CNCC(C)C)n(C)n1. The second-order valence-electron chi connectivity index (χ2n) is 6.78. The number of nitrogens with one attached hydrogen (secondary N) is 1. The molecule has 0 aliphatic carbocycles. The summed E-state index contributed by atoms with van der Waals surface area (Å²) >= 11 is 0. The Kier molecular flexibility index (Phi) is 6.24. The summed E-state index contributed by atoms with van der Waals surface area (Å²) in [5.74, 6) is 0.728. The van der Waals surface area contributed by atoms with Crippen LogP contribution in [-0.2, 0) is 20.0 Å². The molecule has 1 aromatic heterocycles. The van der Waals surface area contributed by atoms with Gasteiger partial charge < -0.3 is 5.32 Å². The minimum Gasteiger partial charge on any atom is -0.315 e. The van der Waals surface area contributed by atoms with Gasteiger partial charge >= 0.3 is 0 Å². The topological polar surface area (TPSA) is 33.1 Å². The Morgan fingerprint density at radius 1 is 1.38 bits per heavy atom. The number of aromatic nitrogens is 2. The highest BCUT2D eigenvalue weighted by Gasteiger charge is 2.23. The molecule has 1 aliphatic rings. The molecule has 120 valence electrons. The Morgan fingerprint density at radius 2 is 2.19 bits per heavy atom. The predicted octanol–water partition coefficient (Wildman–Crippen LogP) is 2.58. The molecule has 4 heteroatoms. The van der Waals surface area contributed by atoms with Crippen LogP contribution in [0.1, 0.15) is 51.4 Å². The number of likely N-dealkylation sites (tertiary alicyclic amines) is 1. The van der Waals surface area contributed by atoms with E-state index in [0.717, 1.165) is 32.0 Å². The zero-order valence-electron chi connectivity index (χ0n) is 14.2. The molecule has 0 radical (unpaired) electrons. The molecule has 4 nitrogen and oxygen atoms in total. The molecule has 1 unspecified atom stereocenters. The maximum absolute atomic E-state index is 4.58. The molecule has 0 bridgehead atoms. The molecule has 1 saturated heterocycles. The third-order valence-corrected chi connectivity index (χ3v) is 4.44. The molecule has 2 rings (SSSR count). The first-order valence-electron chi connectivity index (χ1n) is 8.56. The van der Waals surface area contributed by atoms with Crippen LogP contribution in [0, 0.1) is 5.92 Å². The molecule has 0 aromatic carbocycles. The zero-order chi connectivity index (χ0) is 15.2. The van der Waals surface area contributed by atoms with Crippen molar-refractivity contribution in [2.24, 2.45) is 13.0 Å². The van der Waals surface area contributed by atoms with Crippen molar-refractivity contribution in [3.63, 3.8) is 0 Å². The fourth-order valence-corrected chi connectivity index (χ4v) is 3.14. The van der Waals surface area contributed by atoms with Gasteiger partial charge in [-0.05, 0) is 44.3 Å². The fourth-order valence-electron chi connectivity index (χ4n) is 3.14. The first-order valence-corrected chi connectivity index (χ1v) is 8.56. The van der Waals surface area contributed by atoms with Crippen LogP contribution in [-0.4, -0.2) is 40.4 Å². The van der Waals surface area contributed by atoms with Gasteiger partial charge in [-0.1, -0.05) is 27.2 Å². The highest BCUT2D eigenvalue weighted by atomic mass is 15.3. The van der Waals surface area contributed by atoms with Gasteiger partial charge in [0.1, 0.15) is 0 Å². The maximum Gasteiger partial charge on any atom is 0.0625 e. The molecule has 2 heterocycles. The molecular formula is C17H32N4. The van der Waals surface area contributed by atoms with Crippen molar-refractivity contribution < 1.29 is 0 Å². The van der Waals surface area contributed by atoms with Crippen LogP contribution < -0.4 is 5.32 Å². The van der Waals surface area contributed by atoms with E-state index < -0.39 is 0 Å². The highest BCUT2D eigenvalue weighted by molar-refractivity contribution is 5.10. The summed E-state index contributed by atoms with van der Waals surface area (Å²) in [6, 6.07) is 2.95. The van der Waals surface area contributed by atoms with E-state index in [-0.39, 0.29) is 0 Å². The van der Waals surface area contributed by atoms with E-state index in [1.807, 2.05) is 0 Å². The molecule has 21 heavy (non-hydrogen) atoms. The zero-order valence-corrected chi connectivity index (χ0v) is 14.2. The number of rotatable bonds is 7. The summed E-state index contributed by atoms with van der Waals surface area (Å²) in [7, 11) is 2.07. The fraction of sp³-hybridized carbons (Fsp3) is 0.824. The van der Waals surface area contributed by atoms with Crippen molar-refractivity contribution in [2.45, 2.75) is 59.0 Å². The average Bonchev–Trinajstić information content (AvgIpc) is 2.81. The third kappa shape index (κ3) is 4.82. The van der Waals surface area contributed by atoms with Crippen LogP contribution >= 0.6 is 0 Å². The van der Waals surface area contributed by atoms with Crippen LogP contribution in [0.2, 0.25) is 0 Å². The van der Waals surface area contributed by atoms with Gasteiger partial charge in [-0.15, -0.1) is 0 Å². The Hall–Kier alpha value is -0.870. The van der Waals surface area contributed by atoms with Crippen molar-refractivity contribution in [3.05, 3.63) is 17.5 Å².